The lowest BCUT2D eigenvalue weighted by molar-refractivity contribution is -0.873. The fourth-order valence-corrected chi connectivity index (χ4v) is 3.27. The van der Waals surface area contributed by atoms with Crippen LogP contribution in [0, 0.1) is 0 Å². The normalized spacial score (nSPS) is 13.2. The summed E-state index contributed by atoms with van der Waals surface area (Å²) in [5.41, 5.74) is 0. The Hall–Kier alpha value is -1.62. The van der Waals surface area contributed by atoms with E-state index in [1.54, 1.807) is 0 Å². The van der Waals surface area contributed by atoms with Crippen molar-refractivity contribution in [2.24, 2.45) is 0 Å². The minimum Gasteiger partial charge on any atom is -0.550 e. The molecule has 0 fully saturated rings. The predicted octanol–water partition coefficient (Wildman–Crippen LogP) is 4.56. The zero-order valence-electron chi connectivity index (χ0n) is 19.9. The maximum atomic E-state index is 12.0. The molecule has 1 atom stereocenters. The maximum Gasteiger partial charge on any atom is 0.306 e. The monoisotopic (exact) mass is 423 g/mol. The quantitative estimate of drug-likeness (QED) is 0.132. The molecule has 0 aromatic carbocycles. The van der Waals surface area contributed by atoms with Crippen LogP contribution in [0.15, 0.2) is 24.3 Å². The summed E-state index contributed by atoms with van der Waals surface area (Å²) in [5.74, 6) is -1.49. The highest BCUT2D eigenvalue weighted by Gasteiger charge is 2.22. The van der Waals surface area contributed by atoms with Gasteiger partial charge in [0.05, 0.1) is 21.1 Å². The molecule has 174 valence electrons. The first-order chi connectivity index (χ1) is 14.2. The standard InChI is InChI=1S/C25H45NO4/c1-5-6-7-8-9-10-11-12-13-14-15-16-17-18-19-20-25(29)30-23(21-24(27)28)22-26(2,3)4/h9-10,12-13,23H,5-8,11,14-22H2,1-4H3/t23-/m1/s1. The zero-order valence-corrected chi connectivity index (χ0v) is 19.9. The lowest BCUT2D eigenvalue weighted by atomic mass is 10.1. The molecule has 5 nitrogen and oxygen atoms in total. The zero-order chi connectivity index (χ0) is 22.7. The first kappa shape index (κ1) is 28.4. The van der Waals surface area contributed by atoms with E-state index in [2.05, 4.69) is 31.2 Å². The number of carboxylic acids is 1. The molecule has 0 aliphatic heterocycles. The van der Waals surface area contributed by atoms with Crippen molar-refractivity contribution in [3.63, 3.8) is 0 Å². The van der Waals surface area contributed by atoms with E-state index in [0.29, 0.717) is 17.4 Å². The molecule has 0 aromatic rings. The van der Waals surface area contributed by atoms with Crippen molar-refractivity contribution in [1.29, 1.82) is 0 Å². The van der Waals surface area contributed by atoms with Crippen LogP contribution >= 0.6 is 0 Å². The van der Waals surface area contributed by atoms with Crippen molar-refractivity contribution in [1.82, 2.24) is 0 Å². The van der Waals surface area contributed by atoms with E-state index in [-0.39, 0.29) is 12.4 Å². The van der Waals surface area contributed by atoms with Gasteiger partial charge in [-0.25, -0.2) is 0 Å². The van der Waals surface area contributed by atoms with E-state index in [9.17, 15) is 14.7 Å². The molecule has 0 aliphatic carbocycles. The molecule has 5 heteroatoms. The summed E-state index contributed by atoms with van der Waals surface area (Å²) >= 11 is 0. The number of carboxylic acid groups (broad SMARTS) is 1. The lowest BCUT2D eigenvalue weighted by Crippen LogP contribution is -2.45. The average molecular weight is 424 g/mol. The van der Waals surface area contributed by atoms with Crippen molar-refractivity contribution in [3.05, 3.63) is 24.3 Å². The van der Waals surface area contributed by atoms with E-state index in [1.165, 1.54) is 38.5 Å². The van der Waals surface area contributed by atoms with Crippen LogP contribution in [0.1, 0.15) is 90.4 Å². The molecule has 30 heavy (non-hydrogen) atoms. The summed E-state index contributed by atoms with van der Waals surface area (Å²) in [7, 11) is 5.82. The smallest absolute Gasteiger partial charge is 0.306 e. The van der Waals surface area contributed by atoms with E-state index < -0.39 is 12.1 Å². The SMILES string of the molecule is CCCCCC=CCC=CCCCCCCCC(=O)O[C@H](CC(=O)[O-])C[N+](C)(C)C. The summed E-state index contributed by atoms with van der Waals surface area (Å²) in [6, 6.07) is 0. The molecule has 0 rings (SSSR count). The Morgan fingerprint density at radius 1 is 0.867 bits per heavy atom. The minimum atomic E-state index is -1.18. The molecule has 0 bridgehead atoms. The first-order valence-corrected chi connectivity index (χ1v) is 11.7. The summed E-state index contributed by atoms with van der Waals surface area (Å²) in [6.45, 7) is 2.69. The van der Waals surface area contributed by atoms with Crippen LogP contribution in [0.5, 0.6) is 0 Å². The number of allylic oxidation sites excluding steroid dienone is 4. The third-order valence-electron chi connectivity index (χ3n) is 4.78. The van der Waals surface area contributed by atoms with E-state index in [4.69, 9.17) is 4.74 Å². The second kappa shape index (κ2) is 18.2. The Kier molecular flexibility index (Phi) is 17.2. The molecule has 0 N–H and O–H groups in total. The van der Waals surface area contributed by atoms with Gasteiger partial charge in [-0.05, 0) is 38.5 Å². The van der Waals surface area contributed by atoms with E-state index in [0.717, 1.165) is 32.1 Å². The van der Waals surface area contributed by atoms with Crippen molar-refractivity contribution in [2.75, 3.05) is 27.7 Å². The second-order valence-electron chi connectivity index (χ2n) is 9.14. The molecule has 0 aromatic heterocycles. The topological polar surface area (TPSA) is 66.4 Å². The van der Waals surface area contributed by atoms with Crippen molar-refractivity contribution < 1.29 is 23.9 Å². The molecule has 0 spiro atoms. The van der Waals surface area contributed by atoms with Gasteiger partial charge in [0.15, 0.2) is 6.10 Å². The van der Waals surface area contributed by atoms with Gasteiger partial charge in [-0.1, -0.05) is 63.3 Å². The number of quaternary nitrogens is 1. The van der Waals surface area contributed by atoms with Gasteiger partial charge in [0.2, 0.25) is 0 Å². The number of hydrogen-bond donors (Lipinski definition) is 0. The number of likely N-dealkylation sites (N-methyl/N-ethyl adjacent to an activating group) is 1. The first-order valence-electron chi connectivity index (χ1n) is 11.7. The third kappa shape index (κ3) is 21.1. The maximum absolute atomic E-state index is 12.0. The highest BCUT2D eigenvalue weighted by molar-refractivity contribution is 5.70. The van der Waals surface area contributed by atoms with Gasteiger partial charge in [-0.15, -0.1) is 0 Å². The highest BCUT2D eigenvalue weighted by atomic mass is 16.5. The molecular weight excluding hydrogens is 378 g/mol. The third-order valence-corrected chi connectivity index (χ3v) is 4.78. The van der Waals surface area contributed by atoms with Gasteiger partial charge in [-0.3, -0.25) is 4.79 Å². The van der Waals surface area contributed by atoms with Crippen LogP contribution in [0.2, 0.25) is 0 Å². The predicted molar refractivity (Wildman–Crippen MR) is 122 cm³/mol. The highest BCUT2D eigenvalue weighted by Crippen LogP contribution is 2.11. The molecule has 0 saturated carbocycles. The number of esters is 1. The number of ether oxygens (including phenoxy) is 1. The molecule has 0 amide bonds. The Balaban J connectivity index is 3.71. The van der Waals surface area contributed by atoms with Crippen LogP contribution in [0.3, 0.4) is 0 Å². The largest absolute Gasteiger partial charge is 0.550 e. The number of rotatable bonds is 19. The fraction of sp³-hybridized carbons (Fsp3) is 0.760. The minimum absolute atomic E-state index is 0.247. The van der Waals surface area contributed by atoms with Crippen LogP contribution in [-0.4, -0.2) is 50.2 Å². The second-order valence-corrected chi connectivity index (χ2v) is 9.14. The molecular formula is C25H45NO4. The van der Waals surface area contributed by atoms with Gasteiger partial charge in [0, 0.05) is 18.8 Å². The summed E-state index contributed by atoms with van der Waals surface area (Å²) in [5, 5.41) is 10.9. The number of nitrogens with zero attached hydrogens (tertiary/aromatic N) is 1. The molecule has 0 aliphatic rings. The number of hydrogen-bond acceptors (Lipinski definition) is 4. The van der Waals surface area contributed by atoms with Crippen molar-refractivity contribution >= 4 is 11.9 Å². The Morgan fingerprint density at radius 3 is 2.00 bits per heavy atom. The van der Waals surface area contributed by atoms with Crippen molar-refractivity contribution in [2.45, 2.75) is 96.5 Å². The Morgan fingerprint density at radius 2 is 1.43 bits per heavy atom. The van der Waals surface area contributed by atoms with Gasteiger partial charge >= 0.3 is 5.97 Å². The summed E-state index contributed by atoms with van der Waals surface area (Å²) < 4.78 is 5.90. The van der Waals surface area contributed by atoms with Crippen molar-refractivity contribution in [3.8, 4) is 0 Å². The Labute approximate surface area is 184 Å². The molecule has 0 saturated heterocycles. The van der Waals surface area contributed by atoms with Crippen LogP contribution in [-0.2, 0) is 14.3 Å². The summed E-state index contributed by atoms with van der Waals surface area (Å²) in [4.78, 5) is 22.9. The van der Waals surface area contributed by atoms with Crippen LogP contribution in [0.4, 0.5) is 0 Å². The fourth-order valence-electron chi connectivity index (χ4n) is 3.27. The number of aliphatic carboxylic acids is 1. The number of unbranched alkanes of at least 4 members (excludes halogenated alkanes) is 8. The van der Waals surface area contributed by atoms with Gasteiger partial charge < -0.3 is 19.1 Å². The molecule has 0 unspecified atom stereocenters. The molecule has 0 heterocycles. The number of carbonyl (C=O) groups excluding carboxylic acids is 2. The average Bonchev–Trinajstić information content (AvgIpc) is 2.63. The summed E-state index contributed by atoms with van der Waals surface area (Å²) in [6.07, 6.45) is 21.0. The van der Waals surface area contributed by atoms with Gasteiger partial charge in [0.25, 0.3) is 0 Å². The van der Waals surface area contributed by atoms with Crippen LogP contribution < -0.4 is 5.11 Å². The molecule has 0 radical (unpaired) electrons. The van der Waals surface area contributed by atoms with Gasteiger partial charge in [0.1, 0.15) is 6.54 Å². The number of carbonyl (C=O) groups is 2. The lowest BCUT2D eigenvalue weighted by Gasteiger charge is -2.29. The van der Waals surface area contributed by atoms with Gasteiger partial charge in [-0.2, -0.15) is 0 Å². The van der Waals surface area contributed by atoms with E-state index in [1.807, 2.05) is 21.1 Å². The van der Waals surface area contributed by atoms with Crippen LogP contribution in [0.25, 0.3) is 0 Å². The Bertz CT molecular complexity index is 506. The van der Waals surface area contributed by atoms with E-state index >= 15 is 0 Å².